The highest BCUT2D eigenvalue weighted by Gasteiger charge is 2.29. The smallest absolute Gasteiger partial charge is 0.326 e. The van der Waals surface area contributed by atoms with E-state index in [9.17, 15) is 19.5 Å². The number of carboxylic acids is 1. The Morgan fingerprint density at radius 2 is 1.36 bits per heavy atom. The Hall–Kier alpha value is -4.13. The van der Waals surface area contributed by atoms with Crippen molar-refractivity contribution in [1.29, 1.82) is 0 Å². The highest BCUT2D eigenvalue weighted by atomic mass is 16.5. The Balaban J connectivity index is 1.73. The van der Waals surface area contributed by atoms with Crippen molar-refractivity contribution in [2.45, 2.75) is 39.7 Å². The largest absolute Gasteiger partial charge is 0.480 e. The molecule has 0 bridgehead atoms. The predicted molar refractivity (Wildman–Crippen MR) is 152 cm³/mol. The van der Waals surface area contributed by atoms with Gasteiger partial charge >= 0.3 is 18.0 Å². The van der Waals surface area contributed by atoms with Crippen LogP contribution in [-0.4, -0.2) is 53.7 Å². The van der Waals surface area contributed by atoms with Crippen LogP contribution in [0.3, 0.4) is 0 Å². The molecule has 39 heavy (non-hydrogen) atoms. The molecular formula is C32H38N2O5. The zero-order chi connectivity index (χ0) is 28.2. The molecule has 2 amide bonds. The Morgan fingerprint density at radius 3 is 1.92 bits per heavy atom. The maximum absolute atomic E-state index is 13.4. The average Bonchev–Trinajstić information content (AvgIpc) is 2.93. The van der Waals surface area contributed by atoms with E-state index in [1.54, 1.807) is 6.92 Å². The number of aliphatic carboxylic acids is 1. The van der Waals surface area contributed by atoms with Crippen LogP contribution in [-0.2, 0) is 27.2 Å². The zero-order valence-electron chi connectivity index (χ0n) is 22.9. The average molecular weight is 531 g/mol. The van der Waals surface area contributed by atoms with Crippen molar-refractivity contribution >= 4 is 18.0 Å². The van der Waals surface area contributed by atoms with Gasteiger partial charge in [0.1, 0.15) is 6.04 Å². The van der Waals surface area contributed by atoms with Gasteiger partial charge in [-0.1, -0.05) is 98.8 Å². The number of carbonyl (C=O) groups is 3. The lowest BCUT2D eigenvalue weighted by molar-refractivity contribution is -0.148. The molecule has 0 heterocycles. The minimum absolute atomic E-state index is 0.115. The van der Waals surface area contributed by atoms with Crippen LogP contribution in [0.15, 0.2) is 84.9 Å². The second kappa shape index (κ2) is 14.7. The molecule has 0 aromatic heterocycles. The number of rotatable bonds is 13. The quantitative estimate of drug-likeness (QED) is 0.287. The standard InChI is InChI=1S/C32H38N2O5/c1-4-39-31(37)28(19-24-11-7-5-8-12-24)22-34(21-23(2)3)32(38)33-29(30(35)36)20-25-15-17-27(18-16-25)26-13-9-6-10-14-26/h5-18,23,28-29H,4,19-22H2,1-3H3,(H,33,38)(H,35,36)/t28?,29-/m0/s1. The summed E-state index contributed by atoms with van der Waals surface area (Å²) in [4.78, 5) is 39.9. The number of urea groups is 1. The Labute approximate surface area is 230 Å². The molecule has 0 radical (unpaired) electrons. The summed E-state index contributed by atoms with van der Waals surface area (Å²) in [6.07, 6.45) is 0.550. The molecule has 0 saturated heterocycles. The van der Waals surface area contributed by atoms with Gasteiger partial charge in [-0.25, -0.2) is 9.59 Å². The van der Waals surface area contributed by atoms with Crippen LogP contribution >= 0.6 is 0 Å². The first-order valence-electron chi connectivity index (χ1n) is 13.4. The van der Waals surface area contributed by atoms with Crippen LogP contribution in [0.5, 0.6) is 0 Å². The molecule has 206 valence electrons. The first-order chi connectivity index (χ1) is 18.8. The van der Waals surface area contributed by atoms with Crippen LogP contribution in [0.4, 0.5) is 4.79 Å². The number of hydrogen-bond acceptors (Lipinski definition) is 4. The number of nitrogens with zero attached hydrogens (tertiary/aromatic N) is 1. The van der Waals surface area contributed by atoms with Crippen LogP contribution in [0, 0.1) is 11.8 Å². The molecule has 1 unspecified atom stereocenters. The lowest BCUT2D eigenvalue weighted by Gasteiger charge is -2.30. The second-order valence-corrected chi connectivity index (χ2v) is 10.0. The zero-order valence-corrected chi connectivity index (χ0v) is 22.9. The summed E-state index contributed by atoms with van der Waals surface area (Å²) in [5.41, 5.74) is 3.86. The fourth-order valence-corrected chi connectivity index (χ4v) is 4.47. The number of esters is 1. The van der Waals surface area contributed by atoms with Crippen molar-refractivity contribution in [1.82, 2.24) is 10.2 Å². The predicted octanol–water partition coefficient (Wildman–Crippen LogP) is 5.44. The van der Waals surface area contributed by atoms with Gasteiger partial charge in [-0.05, 0) is 41.5 Å². The fraction of sp³-hybridized carbons (Fsp3) is 0.344. The van der Waals surface area contributed by atoms with Gasteiger partial charge in [0.05, 0.1) is 12.5 Å². The van der Waals surface area contributed by atoms with Gasteiger partial charge in [0.15, 0.2) is 0 Å². The van der Waals surface area contributed by atoms with Crippen LogP contribution in [0.25, 0.3) is 11.1 Å². The number of carbonyl (C=O) groups excluding carboxylic acids is 2. The number of carboxylic acid groups (broad SMARTS) is 1. The van der Waals surface area contributed by atoms with Crippen molar-refractivity contribution in [3.63, 3.8) is 0 Å². The highest BCUT2D eigenvalue weighted by molar-refractivity contribution is 5.83. The van der Waals surface area contributed by atoms with E-state index in [0.29, 0.717) is 13.0 Å². The van der Waals surface area contributed by atoms with E-state index in [2.05, 4.69) is 5.32 Å². The highest BCUT2D eigenvalue weighted by Crippen LogP contribution is 2.20. The molecule has 0 aliphatic rings. The van der Waals surface area contributed by atoms with Crippen LogP contribution in [0.2, 0.25) is 0 Å². The number of hydrogen-bond donors (Lipinski definition) is 2. The van der Waals surface area contributed by atoms with Gasteiger partial charge in [0.25, 0.3) is 0 Å². The van der Waals surface area contributed by atoms with E-state index in [1.807, 2.05) is 98.8 Å². The minimum Gasteiger partial charge on any atom is -0.480 e. The van der Waals surface area contributed by atoms with Gasteiger partial charge in [-0.3, -0.25) is 4.79 Å². The summed E-state index contributed by atoms with van der Waals surface area (Å²) in [6.45, 7) is 6.43. The molecule has 0 saturated carbocycles. The Kier molecular flexibility index (Phi) is 11.1. The topological polar surface area (TPSA) is 95.9 Å². The number of amides is 2. The minimum atomic E-state index is -1.12. The second-order valence-electron chi connectivity index (χ2n) is 10.0. The van der Waals surface area contributed by atoms with Gasteiger partial charge in [0, 0.05) is 19.5 Å². The summed E-state index contributed by atoms with van der Waals surface area (Å²) in [7, 11) is 0. The van der Waals surface area contributed by atoms with E-state index in [4.69, 9.17) is 4.74 Å². The summed E-state index contributed by atoms with van der Waals surface area (Å²) in [5, 5.41) is 12.6. The fourth-order valence-electron chi connectivity index (χ4n) is 4.47. The maximum Gasteiger partial charge on any atom is 0.326 e. The number of nitrogens with one attached hydrogen (secondary N) is 1. The van der Waals surface area contributed by atoms with Crippen molar-refractivity contribution in [3.8, 4) is 11.1 Å². The van der Waals surface area contributed by atoms with Crippen LogP contribution in [0.1, 0.15) is 31.9 Å². The van der Waals surface area contributed by atoms with Gasteiger partial charge < -0.3 is 20.1 Å². The molecule has 7 nitrogen and oxygen atoms in total. The molecule has 0 aliphatic carbocycles. The SMILES string of the molecule is CCOC(=O)C(Cc1ccccc1)CN(CC(C)C)C(=O)N[C@@H](Cc1ccc(-c2ccccc2)cc1)C(=O)O. The molecule has 0 spiro atoms. The van der Waals surface area contributed by atoms with E-state index in [0.717, 1.165) is 22.3 Å². The van der Waals surface area contributed by atoms with Gasteiger partial charge in [-0.15, -0.1) is 0 Å². The van der Waals surface area contributed by atoms with Crippen molar-refractivity contribution in [2.24, 2.45) is 11.8 Å². The molecule has 0 aliphatic heterocycles. The number of ether oxygens (including phenoxy) is 1. The van der Waals surface area contributed by atoms with Crippen molar-refractivity contribution in [2.75, 3.05) is 19.7 Å². The molecular weight excluding hydrogens is 492 g/mol. The Bertz CT molecular complexity index is 1200. The Morgan fingerprint density at radius 1 is 0.795 bits per heavy atom. The first-order valence-corrected chi connectivity index (χ1v) is 13.4. The normalized spacial score (nSPS) is 12.4. The van der Waals surface area contributed by atoms with Gasteiger partial charge in [0.2, 0.25) is 0 Å². The lowest BCUT2D eigenvalue weighted by atomic mass is 9.98. The number of benzene rings is 3. The summed E-state index contributed by atoms with van der Waals surface area (Å²) in [6, 6.07) is 25.5. The van der Waals surface area contributed by atoms with E-state index >= 15 is 0 Å². The molecule has 3 aromatic rings. The third kappa shape index (κ3) is 9.28. The van der Waals surface area contributed by atoms with Crippen molar-refractivity contribution < 1.29 is 24.2 Å². The molecule has 3 rings (SSSR count). The third-order valence-electron chi connectivity index (χ3n) is 6.36. The lowest BCUT2D eigenvalue weighted by Crippen LogP contribution is -2.51. The van der Waals surface area contributed by atoms with E-state index < -0.39 is 24.0 Å². The summed E-state index contributed by atoms with van der Waals surface area (Å²) < 4.78 is 5.31. The maximum atomic E-state index is 13.4. The van der Waals surface area contributed by atoms with E-state index in [1.165, 1.54) is 4.90 Å². The summed E-state index contributed by atoms with van der Waals surface area (Å²) in [5.74, 6) is -1.96. The van der Waals surface area contributed by atoms with Gasteiger partial charge in [-0.2, -0.15) is 0 Å². The molecule has 2 N–H and O–H groups in total. The molecule has 7 heteroatoms. The van der Waals surface area contributed by atoms with Crippen molar-refractivity contribution in [3.05, 3.63) is 96.1 Å². The summed E-state index contributed by atoms with van der Waals surface area (Å²) >= 11 is 0. The molecule has 2 atom stereocenters. The first kappa shape index (κ1) is 29.4. The van der Waals surface area contributed by atoms with Crippen LogP contribution < -0.4 is 5.32 Å². The molecule has 0 fully saturated rings. The monoisotopic (exact) mass is 530 g/mol. The van der Waals surface area contributed by atoms with E-state index in [-0.39, 0.29) is 31.5 Å². The third-order valence-corrected chi connectivity index (χ3v) is 6.36. The molecule has 3 aromatic carbocycles.